The van der Waals surface area contributed by atoms with E-state index in [2.05, 4.69) is 0 Å². The van der Waals surface area contributed by atoms with Crippen molar-refractivity contribution in [1.82, 2.24) is 0 Å². The zero-order valence-electron chi connectivity index (χ0n) is 46.4. The van der Waals surface area contributed by atoms with E-state index in [0.29, 0.717) is 76.1 Å². The summed E-state index contributed by atoms with van der Waals surface area (Å²) in [5.74, 6) is -3.37. The Balaban J connectivity index is 0. The molecule has 0 radical (unpaired) electrons. The van der Waals surface area contributed by atoms with Gasteiger partial charge in [0.15, 0.2) is 0 Å². The largest absolute Gasteiger partial charge is 2.00 e. The molecule has 0 unspecified atom stereocenters. The Morgan fingerprint density at radius 3 is 1.16 bits per heavy atom. The molecule has 4 saturated heterocycles. The molecule has 0 saturated carbocycles. The maximum atomic E-state index is 12.0. The smallest absolute Gasteiger partial charge is 0.550 e. The Morgan fingerprint density at radius 1 is 0.553 bits per heavy atom. The molecule has 0 spiro atoms. The third kappa shape index (κ3) is 31.2. The van der Waals surface area contributed by atoms with Gasteiger partial charge in [-0.2, -0.15) is 0 Å². The zero-order chi connectivity index (χ0) is 54.6. The van der Waals surface area contributed by atoms with Crippen molar-refractivity contribution in [3.63, 3.8) is 0 Å². The SMILES string of the molecule is C/C(=C\C(=O)OCCCCCCCCC(=O)[O-])C[C@@H]1OC[C@H](C[C@@H]2O[C@H]2[C@@H](C)[C@H](C)O)[C@@H](O)[C@H]1O.C/C(=C\C(=O)OCCCCCCCCC(=O)[O-])C[C@@H]1OC[C@H](C[C@@H]2O[C@H]2[C@@H](C)[C@H](C)O)[C@@H](O)[C@H]1O.CCO.O.O.[Ca+2]. The monoisotopic (exact) mass is 1120 g/mol. The first-order chi connectivity index (χ1) is 34.6. The summed E-state index contributed by atoms with van der Waals surface area (Å²) in [5.41, 5.74) is 1.41. The molecule has 0 aliphatic carbocycles. The summed E-state index contributed by atoms with van der Waals surface area (Å²) in [5, 5.41) is 90.0. The topological polar surface area (TPSA) is 381 Å². The Morgan fingerprint density at radius 2 is 0.855 bits per heavy atom. The summed E-state index contributed by atoms with van der Waals surface area (Å²) in [4.78, 5) is 44.8. The van der Waals surface area contributed by atoms with Gasteiger partial charge in [-0.3, -0.25) is 0 Å². The van der Waals surface area contributed by atoms with Crippen molar-refractivity contribution >= 4 is 61.6 Å². The molecule has 16 atom stereocenters. The summed E-state index contributed by atoms with van der Waals surface area (Å²) < 4.78 is 33.4. The van der Waals surface area contributed by atoms with Crippen LogP contribution in [0.2, 0.25) is 0 Å². The summed E-state index contributed by atoms with van der Waals surface area (Å²) in [6, 6.07) is 0. The molecule has 11 N–H and O–H groups in total. The van der Waals surface area contributed by atoms with Crippen LogP contribution < -0.4 is 10.2 Å². The molecule has 76 heavy (non-hydrogen) atoms. The van der Waals surface area contributed by atoms with Crippen molar-refractivity contribution in [2.75, 3.05) is 33.0 Å². The normalized spacial score (nSPS) is 28.3. The molecule has 22 heteroatoms. The fourth-order valence-electron chi connectivity index (χ4n) is 9.16. The van der Waals surface area contributed by atoms with Crippen LogP contribution in [0.15, 0.2) is 23.3 Å². The van der Waals surface area contributed by atoms with Gasteiger partial charge in [0, 0.05) is 54.4 Å². The number of epoxide rings is 2. The van der Waals surface area contributed by atoms with E-state index in [-0.39, 0.29) is 116 Å². The van der Waals surface area contributed by atoms with Crippen LogP contribution >= 0.6 is 0 Å². The van der Waals surface area contributed by atoms with E-state index in [1.54, 1.807) is 34.6 Å². The Hall–Kier alpha value is -1.90. The minimum Gasteiger partial charge on any atom is -0.550 e. The Kier molecular flexibility index (Phi) is 42.1. The number of carbonyl (C=O) groups excluding carboxylic acids is 4. The second kappa shape index (κ2) is 42.0. The molecule has 4 heterocycles. The van der Waals surface area contributed by atoms with Crippen LogP contribution in [0.4, 0.5) is 0 Å². The maximum Gasteiger partial charge on any atom is 2.00 e. The number of aliphatic hydroxyl groups excluding tert-OH is 7. The van der Waals surface area contributed by atoms with Gasteiger partial charge in [0.1, 0.15) is 12.2 Å². The average molecular weight is 1120 g/mol. The van der Waals surface area contributed by atoms with E-state index in [4.69, 9.17) is 33.5 Å². The maximum absolute atomic E-state index is 12.0. The van der Waals surface area contributed by atoms with E-state index in [0.717, 1.165) is 64.2 Å². The summed E-state index contributed by atoms with van der Waals surface area (Å²) in [7, 11) is 0. The number of hydrogen-bond acceptors (Lipinski definition) is 19. The number of carboxylic acids is 2. The first kappa shape index (κ1) is 76.2. The minimum absolute atomic E-state index is 0. The second-order valence-corrected chi connectivity index (χ2v) is 20.7. The molecule has 4 aliphatic heterocycles. The Labute approximate surface area is 480 Å². The molecule has 0 amide bonds. The van der Waals surface area contributed by atoms with Gasteiger partial charge in [-0.05, 0) is 98.8 Å². The third-order valence-electron chi connectivity index (χ3n) is 14.2. The molecule has 21 nitrogen and oxygen atoms in total. The van der Waals surface area contributed by atoms with Gasteiger partial charge in [0.25, 0.3) is 0 Å². The van der Waals surface area contributed by atoms with E-state index in [9.17, 15) is 60.0 Å². The summed E-state index contributed by atoms with van der Waals surface area (Å²) in [6.45, 7) is 14.0. The van der Waals surface area contributed by atoms with Crippen LogP contribution in [-0.4, -0.2) is 215 Å². The van der Waals surface area contributed by atoms with Gasteiger partial charge in [0.05, 0.1) is 87.5 Å². The van der Waals surface area contributed by atoms with E-state index in [1.807, 2.05) is 13.8 Å². The molecule has 4 rings (SSSR count). The second-order valence-electron chi connectivity index (χ2n) is 20.7. The van der Waals surface area contributed by atoms with Gasteiger partial charge >= 0.3 is 49.7 Å². The van der Waals surface area contributed by atoms with Crippen molar-refractivity contribution in [1.29, 1.82) is 0 Å². The fourth-order valence-corrected chi connectivity index (χ4v) is 9.16. The van der Waals surface area contributed by atoms with Crippen LogP contribution in [0.1, 0.15) is 164 Å². The third-order valence-corrected chi connectivity index (χ3v) is 14.2. The van der Waals surface area contributed by atoms with Gasteiger partial charge in [0.2, 0.25) is 0 Å². The molecule has 0 aromatic heterocycles. The predicted octanol–water partition coefficient (Wildman–Crippen LogP) is 0.484. The molecule has 0 aromatic carbocycles. The van der Waals surface area contributed by atoms with Crippen molar-refractivity contribution in [2.24, 2.45) is 23.7 Å². The number of rotatable bonds is 32. The fraction of sp³-hybridized carbons (Fsp3) is 0.852. The number of unbranched alkanes of at least 4 members (excludes halogenated alkanes) is 10. The minimum atomic E-state index is -1.06. The van der Waals surface area contributed by atoms with Crippen molar-refractivity contribution in [2.45, 2.75) is 237 Å². The molecule has 4 fully saturated rings. The summed E-state index contributed by atoms with van der Waals surface area (Å²) in [6.07, 6.45) is 8.59. The van der Waals surface area contributed by atoms with Crippen molar-refractivity contribution in [3.05, 3.63) is 23.3 Å². The molecule has 440 valence electrons. The van der Waals surface area contributed by atoms with E-state index in [1.165, 1.54) is 12.2 Å². The summed E-state index contributed by atoms with van der Waals surface area (Å²) >= 11 is 0. The average Bonchev–Trinajstić information content (AvgIpc) is 4.26. The van der Waals surface area contributed by atoms with Crippen LogP contribution in [0.3, 0.4) is 0 Å². The van der Waals surface area contributed by atoms with E-state index < -0.39 is 72.7 Å². The standard InChI is InChI=1S/2C26H44O9.C2H6O.Ca.2H2O/c2*1-16(13-23(30)33-11-9-7-5-4-6-8-10-22(28)29)12-20-25(32)24(31)19(15-34-20)14-21-26(35-21)17(2)18(3)27;1-2-3;;;/h2*13,17-21,24-27,31-32H,4-12,14-15H2,1-3H3,(H,28,29);3H,2H2,1H3;;2*1H2/q;;;+2;;/p-2/b2*16-13+;;;;/t2*17-,18-,19-,20-,21-,24+,25-,26-;;;;/m00..../s1. The molecule has 0 aromatic rings. The van der Waals surface area contributed by atoms with Gasteiger partial charge in [-0.1, -0.05) is 76.4 Å². The number of hydrogen-bond donors (Lipinski definition) is 7. The molecular formula is C54H96CaO21. The number of aliphatic carboxylic acids is 2. The van der Waals surface area contributed by atoms with Gasteiger partial charge < -0.3 is 94.9 Å². The molecular weight excluding hydrogens is 1020 g/mol. The number of ether oxygens (including phenoxy) is 6. The van der Waals surface area contributed by atoms with Crippen LogP contribution in [0.5, 0.6) is 0 Å². The quantitative estimate of drug-likeness (QED) is 0.0158. The number of carboxylic acid groups (broad SMARTS) is 2. The first-order valence-electron chi connectivity index (χ1n) is 26.9. The number of carbonyl (C=O) groups is 4. The van der Waals surface area contributed by atoms with Crippen molar-refractivity contribution < 1.29 is 105 Å². The van der Waals surface area contributed by atoms with Crippen LogP contribution in [0.25, 0.3) is 0 Å². The number of esters is 2. The van der Waals surface area contributed by atoms with Crippen LogP contribution in [0, 0.1) is 23.7 Å². The van der Waals surface area contributed by atoms with Gasteiger partial charge in [-0.15, -0.1) is 0 Å². The predicted molar refractivity (Wildman–Crippen MR) is 278 cm³/mol. The van der Waals surface area contributed by atoms with Crippen molar-refractivity contribution in [3.8, 4) is 0 Å². The first-order valence-corrected chi connectivity index (χ1v) is 26.9. The number of aliphatic hydroxyl groups is 7. The molecule has 0 bridgehead atoms. The van der Waals surface area contributed by atoms with E-state index >= 15 is 0 Å². The Bertz CT molecular complexity index is 1530. The van der Waals surface area contributed by atoms with Gasteiger partial charge in [-0.25, -0.2) is 9.59 Å². The zero-order valence-corrected chi connectivity index (χ0v) is 48.6. The molecule has 4 aliphatic rings. The van der Waals surface area contributed by atoms with Crippen LogP contribution in [-0.2, 0) is 47.6 Å².